The quantitative estimate of drug-likeness (QED) is 0.528. The van der Waals surface area contributed by atoms with Gasteiger partial charge in [0.1, 0.15) is 5.75 Å². The molecule has 0 radical (unpaired) electrons. The molecule has 1 N–H and O–H groups in total. The van der Waals surface area contributed by atoms with Crippen LogP contribution in [0.15, 0.2) is 60.7 Å². The van der Waals surface area contributed by atoms with Crippen molar-refractivity contribution in [2.75, 3.05) is 16.8 Å². The minimum absolute atomic E-state index is 0.158. The second-order valence-corrected chi connectivity index (χ2v) is 8.03. The highest BCUT2D eigenvalue weighted by Gasteiger charge is 2.37. The van der Waals surface area contributed by atoms with E-state index in [0.29, 0.717) is 16.8 Å². The molecule has 7 heteroatoms. The van der Waals surface area contributed by atoms with Gasteiger partial charge in [0, 0.05) is 5.69 Å². The van der Waals surface area contributed by atoms with Gasteiger partial charge in [0.05, 0.1) is 34.9 Å². The molecule has 1 aliphatic heterocycles. The monoisotopic (exact) mass is 448 g/mol. The summed E-state index contributed by atoms with van der Waals surface area (Å²) in [6.45, 7) is 4.21. The maximum Gasteiger partial charge on any atom is 0.266 e. The van der Waals surface area contributed by atoms with Gasteiger partial charge in [0.25, 0.3) is 11.8 Å². The fourth-order valence-corrected chi connectivity index (χ4v) is 3.94. The Balaban J connectivity index is 1.39. The SMILES string of the molecule is Cc1cc(C)cc(OCCC(=O)Nc2ccc(N3C(=O)c4ccccc4C3=O)c(Cl)c2)c1. The molecule has 0 saturated heterocycles. The van der Waals surface area contributed by atoms with Crippen molar-refractivity contribution in [1.82, 2.24) is 0 Å². The van der Waals surface area contributed by atoms with E-state index in [-0.39, 0.29) is 29.6 Å². The van der Waals surface area contributed by atoms with E-state index in [9.17, 15) is 14.4 Å². The zero-order valence-corrected chi connectivity index (χ0v) is 18.4. The Bertz CT molecular complexity index is 1180. The first-order chi connectivity index (χ1) is 15.3. The predicted octanol–water partition coefficient (Wildman–Crippen LogP) is 5.17. The molecule has 0 atom stereocenters. The number of hydrogen-bond acceptors (Lipinski definition) is 4. The van der Waals surface area contributed by atoms with Crippen molar-refractivity contribution in [3.8, 4) is 5.75 Å². The van der Waals surface area contributed by atoms with Crippen molar-refractivity contribution in [3.05, 3.63) is 87.9 Å². The van der Waals surface area contributed by atoms with Gasteiger partial charge < -0.3 is 10.1 Å². The summed E-state index contributed by atoms with van der Waals surface area (Å²) in [5.41, 5.74) is 3.61. The number of nitrogens with zero attached hydrogens (tertiary/aromatic N) is 1. The molecule has 0 unspecified atom stereocenters. The van der Waals surface area contributed by atoms with Crippen molar-refractivity contribution in [2.24, 2.45) is 0 Å². The number of hydrogen-bond donors (Lipinski definition) is 1. The lowest BCUT2D eigenvalue weighted by atomic mass is 10.1. The maximum absolute atomic E-state index is 12.7. The van der Waals surface area contributed by atoms with Gasteiger partial charge in [-0.05, 0) is 67.4 Å². The number of carbonyl (C=O) groups excluding carboxylic acids is 3. The molecule has 4 rings (SSSR count). The zero-order chi connectivity index (χ0) is 22.8. The van der Waals surface area contributed by atoms with E-state index in [1.165, 1.54) is 6.07 Å². The molecule has 0 fully saturated rings. The number of nitrogens with one attached hydrogen (secondary N) is 1. The lowest BCUT2D eigenvalue weighted by Gasteiger charge is -2.16. The second kappa shape index (κ2) is 8.85. The molecule has 3 amide bonds. The summed E-state index contributed by atoms with van der Waals surface area (Å²) >= 11 is 6.36. The molecule has 3 aromatic rings. The highest BCUT2D eigenvalue weighted by atomic mass is 35.5. The number of amides is 3. The van der Waals surface area contributed by atoms with Crippen LogP contribution in [0.3, 0.4) is 0 Å². The Morgan fingerprint density at radius 1 is 0.938 bits per heavy atom. The standard InChI is InChI=1S/C25H21ClN2O4/c1-15-11-16(2)13-18(12-15)32-10-9-23(29)27-17-7-8-22(21(26)14-17)28-24(30)19-5-3-4-6-20(19)25(28)31/h3-8,11-14H,9-10H2,1-2H3,(H,27,29). The first kappa shape index (κ1) is 21.6. The molecule has 3 aromatic carbocycles. The van der Waals surface area contributed by atoms with Gasteiger partial charge in [-0.25, -0.2) is 4.90 Å². The van der Waals surface area contributed by atoms with E-state index >= 15 is 0 Å². The first-order valence-corrected chi connectivity index (χ1v) is 10.5. The van der Waals surface area contributed by atoms with Crippen molar-refractivity contribution in [1.29, 1.82) is 0 Å². The van der Waals surface area contributed by atoms with Crippen molar-refractivity contribution in [2.45, 2.75) is 20.3 Å². The zero-order valence-electron chi connectivity index (χ0n) is 17.6. The number of halogens is 1. The molecule has 0 spiro atoms. The number of benzene rings is 3. The predicted molar refractivity (Wildman–Crippen MR) is 124 cm³/mol. The maximum atomic E-state index is 12.7. The van der Waals surface area contributed by atoms with E-state index < -0.39 is 11.8 Å². The van der Waals surface area contributed by atoms with E-state index in [2.05, 4.69) is 11.4 Å². The molecule has 6 nitrogen and oxygen atoms in total. The topological polar surface area (TPSA) is 75.7 Å². The summed E-state index contributed by atoms with van der Waals surface area (Å²) in [5.74, 6) is -0.358. The Morgan fingerprint density at radius 2 is 1.56 bits per heavy atom. The summed E-state index contributed by atoms with van der Waals surface area (Å²) in [6.07, 6.45) is 0.158. The molecule has 0 aromatic heterocycles. The smallest absolute Gasteiger partial charge is 0.266 e. The molecule has 0 aliphatic carbocycles. The lowest BCUT2D eigenvalue weighted by Crippen LogP contribution is -2.29. The second-order valence-electron chi connectivity index (χ2n) is 7.63. The number of rotatable bonds is 6. The van der Waals surface area contributed by atoms with Crippen molar-refractivity contribution in [3.63, 3.8) is 0 Å². The molecule has 0 saturated carbocycles. The Kier molecular flexibility index (Phi) is 5.97. The third-order valence-corrected chi connectivity index (χ3v) is 5.36. The summed E-state index contributed by atoms with van der Waals surface area (Å²) in [6, 6.07) is 17.2. The molecular formula is C25H21ClN2O4. The van der Waals surface area contributed by atoms with Crippen LogP contribution < -0.4 is 15.0 Å². The molecule has 162 valence electrons. The van der Waals surface area contributed by atoms with Crippen molar-refractivity contribution < 1.29 is 19.1 Å². The molecule has 0 bridgehead atoms. The fraction of sp³-hybridized carbons (Fsp3) is 0.160. The Labute approximate surface area is 190 Å². The minimum atomic E-state index is -0.423. The Hall–Kier alpha value is -3.64. The van der Waals surface area contributed by atoms with Gasteiger partial charge in [-0.3, -0.25) is 14.4 Å². The van der Waals surface area contributed by atoms with Crippen LogP contribution >= 0.6 is 11.6 Å². The average molecular weight is 449 g/mol. The van der Waals surface area contributed by atoms with Gasteiger partial charge in [-0.15, -0.1) is 0 Å². The number of ether oxygens (including phenoxy) is 1. The summed E-state index contributed by atoms with van der Waals surface area (Å²) in [5, 5.41) is 2.94. The number of anilines is 2. The molecular weight excluding hydrogens is 428 g/mol. The third kappa shape index (κ3) is 4.36. The number of fused-ring (bicyclic) bond motifs is 1. The minimum Gasteiger partial charge on any atom is -0.493 e. The first-order valence-electron chi connectivity index (χ1n) is 10.1. The van der Waals surface area contributed by atoms with Crippen LogP contribution in [-0.4, -0.2) is 24.3 Å². The van der Waals surface area contributed by atoms with Gasteiger partial charge >= 0.3 is 0 Å². The molecule has 1 aliphatic rings. The van der Waals surface area contributed by atoms with Crippen LogP contribution in [0.1, 0.15) is 38.3 Å². The summed E-state index contributed by atoms with van der Waals surface area (Å²) in [7, 11) is 0. The highest BCUT2D eigenvalue weighted by molar-refractivity contribution is 6.40. The van der Waals surface area contributed by atoms with Crippen LogP contribution in [0.5, 0.6) is 5.75 Å². The van der Waals surface area contributed by atoms with Crippen molar-refractivity contribution >= 4 is 40.7 Å². The van der Waals surface area contributed by atoms with E-state index in [1.807, 2.05) is 26.0 Å². The van der Waals surface area contributed by atoms with Crippen LogP contribution in [0.2, 0.25) is 5.02 Å². The van der Waals surface area contributed by atoms with Crippen LogP contribution in [0.25, 0.3) is 0 Å². The molecule has 32 heavy (non-hydrogen) atoms. The largest absolute Gasteiger partial charge is 0.493 e. The van der Waals surface area contributed by atoms with Gasteiger partial charge in [0.2, 0.25) is 5.91 Å². The normalized spacial score (nSPS) is 12.7. The van der Waals surface area contributed by atoms with Crippen LogP contribution in [-0.2, 0) is 4.79 Å². The number of aryl methyl sites for hydroxylation is 2. The fourth-order valence-electron chi connectivity index (χ4n) is 3.68. The summed E-state index contributed by atoms with van der Waals surface area (Å²) in [4.78, 5) is 38.7. The van der Waals surface area contributed by atoms with E-state index in [1.54, 1.807) is 36.4 Å². The summed E-state index contributed by atoms with van der Waals surface area (Å²) < 4.78 is 5.67. The highest BCUT2D eigenvalue weighted by Crippen LogP contribution is 2.34. The average Bonchev–Trinajstić information content (AvgIpc) is 2.98. The van der Waals surface area contributed by atoms with Gasteiger partial charge in [-0.1, -0.05) is 29.8 Å². The Morgan fingerprint density at radius 3 is 2.16 bits per heavy atom. The van der Waals surface area contributed by atoms with Gasteiger partial charge in [-0.2, -0.15) is 0 Å². The lowest BCUT2D eigenvalue weighted by molar-refractivity contribution is -0.116. The third-order valence-electron chi connectivity index (χ3n) is 5.06. The number of carbonyl (C=O) groups is 3. The number of imide groups is 1. The molecule has 1 heterocycles. The van der Waals surface area contributed by atoms with Crippen LogP contribution in [0.4, 0.5) is 11.4 Å². The van der Waals surface area contributed by atoms with E-state index in [4.69, 9.17) is 16.3 Å². The van der Waals surface area contributed by atoms with Crippen LogP contribution in [0, 0.1) is 13.8 Å². The van der Waals surface area contributed by atoms with E-state index in [0.717, 1.165) is 21.8 Å². The van der Waals surface area contributed by atoms with Gasteiger partial charge in [0.15, 0.2) is 0 Å².